The predicted molar refractivity (Wildman–Crippen MR) is 119 cm³/mol. The second kappa shape index (κ2) is 14.7. The molecule has 0 aliphatic heterocycles. The van der Waals surface area contributed by atoms with Crippen molar-refractivity contribution in [2.24, 2.45) is 0 Å². The van der Waals surface area contributed by atoms with Gasteiger partial charge in [0, 0.05) is 12.2 Å². The SMILES string of the molecule is C\C=C/C=C\C=C(/C)NC(=O)Oc1ccc(CCN(CCC)CCCC)cc1. The minimum atomic E-state index is -0.477. The van der Waals surface area contributed by atoms with Gasteiger partial charge in [-0.1, -0.05) is 56.7 Å². The van der Waals surface area contributed by atoms with E-state index in [4.69, 9.17) is 4.74 Å². The zero-order valence-corrected chi connectivity index (χ0v) is 17.9. The number of ether oxygens (including phenoxy) is 1. The number of carbonyl (C=O) groups excluding carboxylic acids is 1. The zero-order valence-electron chi connectivity index (χ0n) is 17.9. The number of unbranched alkanes of at least 4 members (excludes halogenated alkanes) is 1. The minimum Gasteiger partial charge on any atom is -0.410 e. The highest BCUT2D eigenvalue weighted by Gasteiger charge is 2.06. The summed E-state index contributed by atoms with van der Waals surface area (Å²) in [5, 5.41) is 2.71. The van der Waals surface area contributed by atoms with E-state index in [1.807, 2.05) is 68.5 Å². The van der Waals surface area contributed by atoms with Crippen molar-refractivity contribution in [3.8, 4) is 5.75 Å². The first-order chi connectivity index (χ1) is 13.6. The van der Waals surface area contributed by atoms with Crippen LogP contribution in [0.15, 0.2) is 60.3 Å². The van der Waals surface area contributed by atoms with E-state index in [2.05, 4.69) is 24.1 Å². The first kappa shape index (κ1) is 23.7. The van der Waals surface area contributed by atoms with Crippen molar-refractivity contribution in [2.45, 2.75) is 53.4 Å². The van der Waals surface area contributed by atoms with E-state index in [1.165, 1.54) is 31.4 Å². The van der Waals surface area contributed by atoms with Crippen molar-refractivity contribution in [1.82, 2.24) is 10.2 Å². The van der Waals surface area contributed by atoms with Crippen LogP contribution in [0.25, 0.3) is 0 Å². The highest BCUT2D eigenvalue weighted by molar-refractivity contribution is 5.72. The Morgan fingerprint density at radius 2 is 1.79 bits per heavy atom. The highest BCUT2D eigenvalue weighted by Crippen LogP contribution is 2.13. The molecule has 4 heteroatoms. The maximum atomic E-state index is 12.0. The van der Waals surface area contributed by atoms with Crippen LogP contribution in [0.3, 0.4) is 0 Å². The summed E-state index contributed by atoms with van der Waals surface area (Å²) in [5.41, 5.74) is 1.99. The number of hydrogen-bond donors (Lipinski definition) is 1. The number of hydrogen-bond acceptors (Lipinski definition) is 3. The van der Waals surface area contributed by atoms with E-state index < -0.39 is 6.09 Å². The van der Waals surface area contributed by atoms with Crippen LogP contribution in [0.4, 0.5) is 4.79 Å². The number of nitrogens with zero attached hydrogens (tertiary/aromatic N) is 1. The summed E-state index contributed by atoms with van der Waals surface area (Å²) < 4.78 is 5.35. The molecule has 0 fully saturated rings. The van der Waals surface area contributed by atoms with Gasteiger partial charge in [-0.25, -0.2) is 4.79 Å². The van der Waals surface area contributed by atoms with Gasteiger partial charge in [0.15, 0.2) is 0 Å². The Bertz CT molecular complexity index is 645. The lowest BCUT2D eigenvalue weighted by atomic mass is 10.1. The van der Waals surface area contributed by atoms with Crippen LogP contribution in [0, 0.1) is 0 Å². The molecule has 0 radical (unpaired) electrons. The van der Waals surface area contributed by atoms with Gasteiger partial charge in [0.2, 0.25) is 0 Å². The molecule has 0 bridgehead atoms. The molecule has 0 unspecified atom stereocenters. The summed E-state index contributed by atoms with van der Waals surface area (Å²) in [6, 6.07) is 7.79. The van der Waals surface area contributed by atoms with Crippen LogP contribution >= 0.6 is 0 Å². The lowest BCUT2D eigenvalue weighted by molar-refractivity contribution is 0.203. The first-order valence-corrected chi connectivity index (χ1v) is 10.3. The van der Waals surface area contributed by atoms with Crippen molar-refractivity contribution in [2.75, 3.05) is 19.6 Å². The topological polar surface area (TPSA) is 41.6 Å². The lowest BCUT2D eigenvalue weighted by Crippen LogP contribution is -2.28. The Balaban J connectivity index is 2.47. The average molecular weight is 385 g/mol. The van der Waals surface area contributed by atoms with Crippen molar-refractivity contribution >= 4 is 6.09 Å². The second-order valence-corrected chi connectivity index (χ2v) is 6.86. The standard InChI is InChI=1S/C24H36N2O2/c1-5-8-10-11-12-21(4)25-24(27)28-23-15-13-22(14-16-23)17-20-26(18-7-3)19-9-6-2/h5,8,10-16H,6-7,9,17-20H2,1-4H3,(H,25,27)/b8-5-,11-10-,21-12+. The number of allylic oxidation sites excluding steroid dienone is 6. The fraction of sp³-hybridized carbons (Fsp3) is 0.458. The fourth-order valence-electron chi connectivity index (χ4n) is 2.76. The molecule has 0 aliphatic carbocycles. The van der Waals surface area contributed by atoms with Gasteiger partial charge in [0.1, 0.15) is 5.75 Å². The van der Waals surface area contributed by atoms with E-state index in [9.17, 15) is 4.79 Å². The Morgan fingerprint density at radius 3 is 2.43 bits per heavy atom. The number of nitrogens with one attached hydrogen (secondary N) is 1. The summed E-state index contributed by atoms with van der Waals surface area (Å²) in [4.78, 5) is 14.5. The maximum Gasteiger partial charge on any atom is 0.416 e. The smallest absolute Gasteiger partial charge is 0.410 e. The van der Waals surface area contributed by atoms with E-state index in [0.717, 1.165) is 25.2 Å². The van der Waals surface area contributed by atoms with E-state index in [1.54, 1.807) is 0 Å². The van der Waals surface area contributed by atoms with Gasteiger partial charge < -0.3 is 9.64 Å². The van der Waals surface area contributed by atoms with Gasteiger partial charge in [-0.15, -0.1) is 0 Å². The summed E-state index contributed by atoms with van der Waals surface area (Å²) >= 11 is 0. The Morgan fingerprint density at radius 1 is 1.04 bits per heavy atom. The lowest BCUT2D eigenvalue weighted by Gasteiger charge is -2.21. The van der Waals surface area contributed by atoms with Gasteiger partial charge >= 0.3 is 6.09 Å². The molecule has 28 heavy (non-hydrogen) atoms. The Kier molecular flexibility index (Phi) is 12.4. The molecule has 0 saturated heterocycles. The van der Waals surface area contributed by atoms with Crippen LogP contribution in [0.5, 0.6) is 5.75 Å². The minimum absolute atomic E-state index is 0.477. The number of benzene rings is 1. The first-order valence-electron chi connectivity index (χ1n) is 10.3. The van der Waals surface area contributed by atoms with Crippen molar-refractivity contribution in [1.29, 1.82) is 0 Å². The van der Waals surface area contributed by atoms with Gasteiger partial charge in [0.25, 0.3) is 0 Å². The Labute approximate surface area is 171 Å². The van der Waals surface area contributed by atoms with Crippen LogP contribution in [-0.4, -0.2) is 30.6 Å². The third-order valence-electron chi connectivity index (χ3n) is 4.28. The number of rotatable bonds is 12. The second-order valence-electron chi connectivity index (χ2n) is 6.86. The monoisotopic (exact) mass is 384 g/mol. The molecule has 0 heterocycles. The molecule has 1 rings (SSSR count). The van der Waals surface area contributed by atoms with E-state index in [0.29, 0.717) is 5.75 Å². The number of amides is 1. The van der Waals surface area contributed by atoms with Gasteiger partial charge in [-0.05, 0) is 70.0 Å². The van der Waals surface area contributed by atoms with Gasteiger partial charge in [0.05, 0.1) is 0 Å². The van der Waals surface area contributed by atoms with Crippen molar-refractivity contribution in [3.05, 3.63) is 65.9 Å². The molecule has 0 atom stereocenters. The summed E-state index contributed by atoms with van der Waals surface area (Å²) in [5.74, 6) is 0.551. The third kappa shape index (κ3) is 10.7. The highest BCUT2D eigenvalue weighted by atomic mass is 16.6. The summed E-state index contributed by atoms with van der Waals surface area (Å²) in [6.45, 7) is 11.6. The molecule has 0 aliphatic rings. The third-order valence-corrected chi connectivity index (χ3v) is 4.28. The molecule has 1 N–H and O–H groups in total. The summed E-state index contributed by atoms with van der Waals surface area (Å²) in [6.07, 6.45) is 13.7. The van der Waals surface area contributed by atoms with Crippen LogP contribution in [0.1, 0.15) is 52.5 Å². The van der Waals surface area contributed by atoms with Crippen molar-refractivity contribution in [3.63, 3.8) is 0 Å². The summed E-state index contributed by atoms with van der Waals surface area (Å²) in [7, 11) is 0. The predicted octanol–water partition coefficient (Wildman–Crippen LogP) is 5.87. The molecule has 154 valence electrons. The molecule has 4 nitrogen and oxygen atoms in total. The van der Waals surface area contributed by atoms with Crippen LogP contribution < -0.4 is 10.1 Å². The van der Waals surface area contributed by atoms with Crippen LogP contribution in [0.2, 0.25) is 0 Å². The molecule has 1 aromatic carbocycles. The molecular weight excluding hydrogens is 348 g/mol. The molecular formula is C24H36N2O2. The molecule has 0 spiro atoms. The molecule has 0 aromatic heterocycles. The maximum absolute atomic E-state index is 12.0. The Hall–Kier alpha value is -2.33. The normalized spacial score (nSPS) is 12.2. The fourth-order valence-corrected chi connectivity index (χ4v) is 2.76. The van der Waals surface area contributed by atoms with Crippen molar-refractivity contribution < 1.29 is 9.53 Å². The van der Waals surface area contributed by atoms with E-state index >= 15 is 0 Å². The molecule has 1 aromatic rings. The zero-order chi connectivity index (χ0) is 20.6. The molecule has 1 amide bonds. The van der Waals surface area contributed by atoms with E-state index in [-0.39, 0.29) is 0 Å². The van der Waals surface area contributed by atoms with Gasteiger partial charge in [-0.2, -0.15) is 0 Å². The average Bonchev–Trinajstić information content (AvgIpc) is 2.68. The quantitative estimate of drug-likeness (QED) is 0.459. The number of carbonyl (C=O) groups is 1. The van der Waals surface area contributed by atoms with Gasteiger partial charge in [-0.3, -0.25) is 5.32 Å². The molecule has 0 saturated carbocycles. The van der Waals surface area contributed by atoms with Crippen LogP contribution in [-0.2, 0) is 6.42 Å². The largest absolute Gasteiger partial charge is 0.416 e.